The Morgan fingerprint density at radius 2 is 1.89 bits per heavy atom. The first-order valence-electron chi connectivity index (χ1n) is 15.4. The van der Waals surface area contributed by atoms with Gasteiger partial charge in [0.15, 0.2) is 23.3 Å². The van der Waals surface area contributed by atoms with Gasteiger partial charge in [0.2, 0.25) is 5.95 Å². The second kappa shape index (κ2) is 13.4. The maximum Gasteiger partial charge on any atom is 0.333 e. The lowest BCUT2D eigenvalue weighted by molar-refractivity contribution is -0.103. The average molecular weight is 618 g/mol. The minimum atomic E-state index is -1.29. The van der Waals surface area contributed by atoms with Crippen LogP contribution in [0.3, 0.4) is 0 Å². The molecule has 238 valence electrons. The molecular formula is C31H39N9O5. The van der Waals surface area contributed by atoms with Crippen molar-refractivity contribution in [1.82, 2.24) is 28.7 Å². The number of anilines is 2. The van der Waals surface area contributed by atoms with E-state index in [0.29, 0.717) is 56.7 Å². The zero-order chi connectivity index (χ0) is 31.5. The number of fused-ring (bicyclic) bond motifs is 2. The van der Waals surface area contributed by atoms with Crippen LogP contribution in [-0.4, -0.2) is 92.1 Å². The molecule has 1 aromatic carbocycles. The summed E-state index contributed by atoms with van der Waals surface area (Å²) < 4.78 is 15.1. The van der Waals surface area contributed by atoms with Gasteiger partial charge in [-0.05, 0) is 38.8 Å². The summed E-state index contributed by atoms with van der Waals surface area (Å²) in [7, 11) is 0. The molecule has 2 fully saturated rings. The summed E-state index contributed by atoms with van der Waals surface area (Å²) in [6, 6.07) is 7.63. The standard InChI is InChI=1S/C31H39N9O5/c1-3-5-13-38-26-28(35-30(38)37-12-8-9-21(32)18-37)39(20-25(41)45-4-2)31(43)40(29(26)42)19-24-33-23-11-7-6-10-22(23)27(34-24)36-14-16-44-17-15-36/h6-7,10-11,21,25,41H,4,8-9,12-20,32H2,1-2H3. The van der Waals surface area contributed by atoms with Crippen molar-refractivity contribution in [3.63, 3.8) is 0 Å². The van der Waals surface area contributed by atoms with E-state index in [1.165, 1.54) is 4.57 Å². The number of aromatic nitrogens is 6. The Hall–Kier alpha value is -4.29. The molecule has 3 aromatic heterocycles. The molecule has 2 saturated heterocycles. The molecule has 0 amide bonds. The number of hydrogen-bond donors (Lipinski definition) is 2. The monoisotopic (exact) mass is 617 g/mol. The molecule has 0 spiro atoms. The van der Waals surface area contributed by atoms with Crippen LogP contribution in [0.15, 0.2) is 33.9 Å². The van der Waals surface area contributed by atoms with E-state index < -0.39 is 17.5 Å². The van der Waals surface area contributed by atoms with E-state index >= 15 is 0 Å². The van der Waals surface area contributed by atoms with Crippen molar-refractivity contribution in [2.45, 2.75) is 58.7 Å². The van der Waals surface area contributed by atoms with Gasteiger partial charge in [-0.15, -0.1) is 5.92 Å². The lowest BCUT2D eigenvalue weighted by Gasteiger charge is -2.31. The Bertz CT molecular complexity index is 1870. The van der Waals surface area contributed by atoms with Gasteiger partial charge in [-0.3, -0.25) is 18.5 Å². The molecule has 5 heterocycles. The largest absolute Gasteiger partial charge is 0.378 e. The lowest BCUT2D eigenvalue weighted by Crippen LogP contribution is -2.44. The quantitative estimate of drug-likeness (QED) is 0.199. The van der Waals surface area contributed by atoms with Crippen LogP contribution in [0, 0.1) is 11.8 Å². The normalized spacial score (nSPS) is 17.9. The SMILES string of the molecule is CC#CCn1c(N2CCCC(N)C2)nc2c1c(=O)n(Cc1nc(N3CCOCC3)c3ccccc3n1)c(=O)n2CC(O)OCC. The number of piperidine rings is 1. The molecule has 3 N–H and O–H groups in total. The van der Waals surface area contributed by atoms with Crippen LogP contribution in [0.4, 0.5) is 11.8 Å². The molecule has 0 bridgehead atoms. The van der Waals surface area contributed by atoms with Gasteiger partial charge in [-0.2, -0.15) is 4.98 Å². The fraction of sp³-hybridized carbons (Fsp3) is 0.516. The number of ether oxygens (including phenoxy) is 2. The van der Waals surface area contributed by atoms with Crippen LogP contribution in [0.2, 0.25) is 0 Å². The summed E-state index contributed by atoms with van der Waals surface area (Å²) in [5, 5.41) is 11.5. The van der Waals surface area contributed by atoms with Crippen molar-refractivity contribution in [3.8, 4) is 11.8 Å². The third-order valence-electron chi connectivity index (χ3n) is 8.19. The van der Waals surface area contributed by atoms with Crippen LogP contribution < -0.4 is 26.8 Å². The second-order valence-corrected chi connectivity index (χ2v) is 11.2. The molecule has 2 atom stereocenters. The number of aliphatic hydroxyl groups is 1. The highest BCUT2D eigenvalue weighted by Gasteiger charge is 2.28. The molecule has 4 aromatic rings. The summed E-state index contributed by atoms with van der Waals surface area (Å²) in [6.07, 6.45) is 0.468. The van der Waals surface area contributed by atoms with E-state index in [-0.39, 0.29) is 43.4 Å². The van der Waals surface area contributed by atoms with Crippen LogP contribution >= 0.6 is 0 Å². The number of rotatable bonds is 9. The van der Waals surface area contributed by atoms with E-state index in [1.54, 1.807) is 18.4 Å². The Kier molecular flexibility index (Phi) is 9.13. The smallest absolute Gasteiger partial charge is 0.333 e. The van der Waals surface area contributed by atoms with Crippen LogP contribution in [0.1, 0.15) is 32.5 Å². The molecule has 0 radical (unpaired) electrons. The maximum absolute atomic E-state index is 14.3. The third kappa shape index (κ3) is 6.16. The van der Waals surface area contributed by atoms with E-state index in [0.717, 1.165) is 28.6 Å². The number of nitrogens with zero attached hydrogens (tertiary/aromatic N) is 8. The Labute approximate surface area is 260 Å². The first-order chi connectivity index (χ1) is 21.9. The molecule has 2 aliphatic heterocycles. The maximum atomic E-state index is 14.3. The van der Waals surface area contributed by atoms with Crippen LogP contribution in [0.25, 0.3) is 22.1 Å². The van der Waals surface area contributed by atoms with Crippen molar-refractivity contribution in [2.75, 3.05) is 55.8 Å². The summed E-state index contributed by atoms with van der Waals surface area (Å²) in [6.45, 7) is 7.22. The van der Waals surface area contributed by atoms with Gasteiger partial charge in [0.1, 0.15) is 5.82 Å². The number of aliphatic hydroxyl groups excluding tert-OH is 1. The highest BCUT2D eigenvalue weighted by Crippen LogP contribution is 2.26. The molecule has 14 heteroatoms. The number of morpholine rings is 1. The summed E-state index contributed by atoms with van der Waals surface area (Å²) in [5.41, 5.74) is 6.17. The molecule has 2 unspecified atom stereocenters. The van der Waals surface area contributed by atoms with Gasteiger partial charge in [0, 0.05) is 44.2 Å². The first-order valence-corrected chi connectivity index (χ1v) is 15.4. The second-order valence-electron chi connectivity index (χ2n) is 11.2. The fourth-order valence-corrected chi connectivity index (χ4v) is 6.06. The average Bonchev–Trinajstić information content (AvgIpc) is 3.43. The van der Waals surface area contributed by atoms with Crippen molar-refractivity contribution in [3.05, 3.63) is 50.9 Å². The van der Waals surface area contributed by atoms with E-state index in [1.807, 2.05) is 29.2 Å². The molecule has 0 aliphatic carbocycles. The predicted octanol–water partition coefficient (Wildman–Crippen LogP) is 0.494. The fourth-order valence-electron chi connectivity index (χ4n) is 6.06. The molecule has 45 heavy (non-hydrogen) atoms. The summed E-state index contributed by atoms with van der Waals surface area (Å²) in [5.74, 6) is 7.50. The Balaban J connectivity index is 1.54. The molecule has 0 saturated carbocycles. The van der Waals surface area contributed by atoms with Crippen molar-refractivity contribution in [1.29, 1.82) is 0 Å². The number of para-hydroxylation sites is 1. The van der Waals surface area contributed by atoms with E-state index in [2.05, 4.69) is 16.7 Å². The van der Waals surface area contributed by atoms with E-state index in [9.17, 15) is 14.7 Å². The van der Waals surface area contributed by atoms with Gasteiger partial charge in [-0.1, -0.05) is 18.1 Å². The Morgan fingerprint density at radius 1 is 1.09 bits per heavy atom. The van der Waals surface area contributed by atoms with Crippen molar-refractivity contribution in [2.24, 2.45) is 5.73 Å². The van der Waals surface area contributed by atoms with Crippen LogP contribution in [-0.2, 0) is 29.1 Å². The topological polar surface area (TPSA) is 159 Å². The third-order valence-corrected chi connectivity index (χ3v) is 8.19. The van der Waals surface area contributed by atoms with Crippen molar-refractivity contribution < 1.29 is 14.6 Å². The number of nitrogens with two attached hydrogens (primary N) is 1. The minimum Gasteiger partial charge on any atom is -0.378 e. The highest BCUT2D eigenvalue weighted by molar-refractivity contribution is 5.89. The number of hydrogen-bond acceptors (Lipinski definition) is 11. The Morgan fingerprint density at radius 3 is 2.64 bits per heavy atom. The van der Waals surface area contributed by atoms with Gasteiger partial charge in [0.05, 0.1) is 38.4 Å². The van der Waals surface area contributed by atoms with Crippen LogP contribution in [0.5, 0.6) is 0 Å². The lowest BCUT2D eigenvalue weighted by atomic mass is 10.1. The zero-order valence-electron chi connectivity index (χ0n) is 25.7. The van der Waals surface area contributed by atoms with Gasteiger partial charge in [0.25, 0.3) is 5.56 Å². The minimum absolute atomic E-state index is 0.0476. The summed E-state index contributed by atoms with van der Waals surface area (Å²) >= 11 is 0. The number of benzene rings is 1. The van der Waals surface area contributed by atoms with Gasteiger partial charge < -0.3 is 30.1 Å². The van der Waals surface area contributed by atoms with Gasteiger partial charge >= 0.3 is 5.69 Å². The molecule has 6 rings (SSSR count). The predicted molar refractivity (Wildman–Crippen MR) is 170 cm³/mol. The molecule has 14 nitrogen and oxygen atoms in total. The van der Waals surface area contributed by atoms with Gasteiger partial charge in [-0.25, -0.2) is 14.8 Å². The molecule has 2 aliphatic rings. The van der Waals surface area contributed by atoms with Crippen molar-refractivity contribution >= 4 is 33.8 Å². The highest BCUT2D eigenvalue weighted by atomic mass is 16.6. The molecular weight excluding hydrogens is 578 g/mol. The number of imidazole rings is 1. The van der Waals surface area contributed by atoms with E-state index in [4.69, 9.17) is 30.2 Å². The zero-order valence-corrected chi connectivity index (χ0v) is 25.7. The summed E-state index contributed by atoms with van der Waals surface area (Å²) in [4.78, 5) is 47.1. The first kappa shape index (κ1) is 30.7.